The van der Waals surface area contributed by atoms with Gasteiger partial charge in [0, 0.05) is 0 Å². The Morgan fingerprint density at radius 1 is 1.00 bits per heavy atom. The largest absolute Gasteiger partial charge is 0.147 e. The summed E-state index contributed by atoms with van der Waals surface area (Å²) in [5, 5.41) is 0. The Labute approximate surface area is 169 Å². The molecule has 0 amide bonds. The fourth-order valence-electron chi connectivity index (χ4n) is 2.91. The third kappa shape index (κ3) is 5.14. The first-order valence-corrected chi connectivity index (χ1v) is 11.9. The van der Waals surface area contributed by atoms with Gasteiger partial charge in [0.05, 0.1) is 0 Å². The Kier molecular flexibility index (Phi) is 9.84. The zero-order chi connectivity index (χ0) is 15.7. The Morgan fingerprint density at radius 3 is 1.91 bits per heavy atom. The topological polar surface area (TPSA) is 12.0 Å². The van der Waals surface area contributed by atoms with E-state index in [1.165, 1.54) is 11.3 Å². The number of hydrogen-bond acceptors (Lipinski definition) is 1. The predicted molar refractivity (Wildman–Crippen MR) is 109 cm³/mol. The molecule has 1 N–H and O–H groups in total. The Balaban J connectivity index is 0.00000242. The van der Waals surface area contributed by atoms with Crippen molar-refractivity contribution in [3.05, 3.63) is 48.7 Å². The summed E-state index contributed by atoms with van der Waals surface area (Å²) >= 11 is 1.54. The molecule has 1 aromatic carbocycles. The standard InChI is InChI=1S/C9H13.C6H5BrN.C3H6.2ClH.Zr/c1-6-5-7(2)9(4)8(6)3;7-5-1-3-6(8)4-2-5;1-3-2;;;/h6H,1-4H3;1-4,8H;1-2H3;2*1H;/q;-1;;;;+1. The van der Waals surface area contributed by atoms with Gasteiger partial charge in [-0.3, -0.25) is 0 Å². The van der Waals surface area contributed by atoms with Gasteiger partial charge in [-0.1, -0.05) is 0 Å². The molecule has 0 heterocycles. The van der Waals surface area contributed by atoms with Gasteiger partial charge >= 0.3 is 146 Å². The number of benzene rings is 1. The van der Waals surface area contributed by atoms with Gasteiger partial charge in [-0.15, -0.1) is 24.8 Å². The summed E-state index contributed by atoms with van der Waals surface area (Å²) in [6.07, 6.45) is 0. The second kappa shape index (κ2) is 9.71. The molecule has 1 aliphatic rings. The Morgan fingerprint density at radius 2 is 1.52 bits per heavy atom. The van der Waals surface area contributed by atoms with Gasteiger partial charge in [0.2, 0.25) is 0 Å². The quantitative estimate of drug-likeness (QED) is 0.489. The molecule has 0 aliphatic heterocycles. The van der Waals surface area contributed by atoms with E-state index < -0.39 is 21.6 Å². The summed E-state index contributed by atoms with van der Waals surface area (Å²) in [5.41, 5.74) is 5.86. The number of hydrogen-bond donors (Lipinski definition) is 1. The van der Waals surface area contributed by atoms with E-state index >= 15 is 0 Å². The maximum atomic E-state index is 3.90. The van der Waals surface area contributed by atoms with Gasteiger partial charge in [0.25, 0.3) is 0 Å². The van der Waals surface area contributed by atoms with Crippen LogP contribution in [0, 0.1) is 5.92 Å². The van der Waals surface area contributed by atoms with E-state index in [2.05, 4.69) is 85.0 Å². The van der Waals surface area contributed by atoms with Crippen LogP contribution in [0.1, 0.15) is 41.5 Å². The van der Waals surface area contributed by atoms with Crippen molar-refractivity contribution in [1.82, 2.24) is 0 Å². The van der Waals surface area contributed by atoms with Crippen LogP contribution in [0.3, 0.4) is 0 Å². The van der Waals surface area contributed by atoms with Crippen LogP contribution in [0.25, 0.3) is 0 Å². The van der Waals surface area contributed by atoms with Gasteiger partial charge in [-0.05, 0) is 0 Å². The zero-order valence-corrected chi connectivity index (χ0v) is 20.3. The van der Waals surface area contributed by atoms with Crippen LogP contribution in [-0.2, 0) is 21.6 Å². The molecule has 128 valence electrons. The van der Waals surface area contributed by atoms with Gasteiger partial charge in [0.15, 0.2) is 0 Å². The van der Waals surface area contributed by atoms with Crippen molar-refractivity contribution in [1.29, 1.82) is 0 Å². The summed E-state index contributed by atoms with van der Waals surface area (Å²) in [6.45, 7) is 13.9. The van der Waals surface area contributed by atoms with E-state index in [0.29, 0.717) is 5.92 Å². The number of anilines is 1. The van der Waals surface area contributed by atoms with E-state index in [-0.39, 0.29) is 24.8 Å². The molecule has 5 heteroatoms. The number of rotatable bonds is 3. The first-order valence-electron chi connectivity index (χ1n) is 7.42. The first-order chi connectivity index (χ1) is 9.82. The van der Waals surface area contributed by atoms with Crippen molar-refractivity contribution in [2.24, 2.45) is 5.92 Å². The van der Waals surface area contributed by atoms with Crippen molar-refractivity contribution in [2.75, 3.05) is 3.26 Å². The van der Waals surface area contributed by atoms with Gasteiger partial charge in [0.1, 0.15) is 0 Å². The third-order valence-corrected chi connectivity index (χ3v) is 12.1. The molecule has 1 nitrogen and oxygen atoms in total. The van der Waals surface area contributed by atoms with Gasteiger partial charge in [-0.25, -0.2) is 0 Å². The normalized spacial score (nSPS) is 16.7. The Bertz CT molecular complexity index is 656. The number of allylic oxidation sites excluding steroid dienone is 4. The minimum absolute atomic E-state index is 0. The number of halogens is 3. The van der Waals surface area contributed by atoms with E-state index in [9.17, 15) is 0 Å². The molecule has 0 saturated heterocycles. The molecule has 23 heavy (non-hydrogen) atoms. The second-order valence-corrected chi connectivity index (χ2v) is 13.2. The monoisotopic (exact) mass is 495 g/mol. The fraction of sp³-hybridized carbons (Fsp3) is 0.389. The third-order valence-electron chi connectivity index (χ3n) is 4.52. The zero-order valence-electron chi connectivity index (χ0n) is 14.6. The van der Waals surface area contributed by atoms with Gasteiger partial charge < -0.3 is 0 Å². The van der Waals surface area contributed by atoms with E-state index in [0.717, 1.165) is 4.47 Å². The van der Waals surface area contributed by atoms with Gasteiger partial charge in [-0.2, -0.15) is 0 Å². The molecule has 2 rings (SSSR count). The van der Waals surface area contributed by atoms with Crippen LogP contribution in [-0.4, -0.2) is 3.21 Å². The predicted octanol–water partition coefficient (Wildman–Crippen LogP) is 6.71. The van der Waals surface area contributed by atoms with Crippen molar-refractivity contribution < 1.29 is 21.6 Å². The van der Waals surface area contributed by atoms with E-state index in [1.54, 1.807) is 17.6 Å². The van der Waals surface area contributed by atoms with Crippen molar-refractivity contribution in [3.63, 3.8) is 0 Å². The van der Waals surface area contributed by atoms with Crippen LogP contribution in [0.4, 0.5) is 5.69 Å². The van der Waals surface area contributed by atoms with E-state index in [1.807, 2.05) is 0 Å². The molecule has 0 spiro atoms. The van der Waals surface area contributed by atoms with Crippen LogP contribution >= 0.6 is 40.7 Å². The average molecular weight is 498 g/mol. The van der Waals surface area contributed by atoms with E-state index in [4.69, 9.17) is 0 Å². The molecule has 1 atom stereocenters. The molecular weight excluding hydrogens is 472 g/mol. The summed E-state index contributed by atoms with van der Waals surface area (Å²) in [6, 6.07) is 8.58. The van der Waals surface area contributed by atoms with Crippen LogP contribution < -0.4 is 3.26 Å². The average Bonchev–Trinajstić information content (AvgIpc) is 2.63. The smallest absolute Gasteiger partial charge is 0.147 e. The molecule has 1 unspecified atom stereocenters. The molecule has 0 fully saturated rings. The maximum Gasteiger partial charge on any atom is -0.147 e. The van der Waals surface area contributed by atoms with Crippen molar-refractivity contribution >= 4 is 49.6 Å². The summed E-state index contributed by atoms with van der Waals surface area (Å²) in [4.78, 5) is 0. The maximum absolute atomic E-state index is 3.90. The van der Waals surface area contributed by atoms with Crippen molar-refractivity contribution in [3.8, 4) is 0 Å². The minimum atomic E-state index is -1.97. The molecule has 1 aliphatic carbocycles. The number of nitrogens with one attached hydrogen (secondary N) is 1. The molecule has 0 saturated carbocycles. The fourth-order valence-corrected chi connectivity index (χ4v) is 9.54. The second-order valence-electron chi connectivity index (χ2n) is 6.08. The summed E-state index contributed by atoms with van der Waals surface area (Å²) < 4.78 is 8.36. The molecule has 0 radical (unpaired) electrons. The summed E-state index contributed by atoms with van der Waals surface area (Å²) in [5.74, 6) is 0.609. The van der Waals surface area contributed by atoms with Crippen molar-refractivity contribution in [2.45, 2.75) is 41.5 Å². The molecular formula is C18H26BrCl2NZr. The Hall–Kier alpha value is 0.313. The SMILES string of the molecule is CC1=C(C)C(C)[C]([Zr]([NH]c2ccc(Br)cc2)=[C](C)C)=C1C.Cl.Cl. The van der Waals surface area contributed by atoms with Crippen LogP contribution in [0.5, 0.6) is 0 Å². The molecule has 0 aromatic heterocycles. The first kappa shape index (κ1) is 23.3. The minimum Gasteiger partial charge on any atom is -0.147 e. The van der Waals surface area contributed by atoms with Crippen LogP contribution in [0.15, 0.2) is 48.7 Å². The summed E-state index contributed by atoms with van der Waals surface area (Å²) in [7, 11) is 0. The van der Waals surface area contributed by atoms with Crippen LogP contribution in [0.2, 0.25) is 0 Å². The molecule has 1 aromatic rings. The molecule has 0 bridgehead atoms.